The number of rotatable bonds is 2. The summed E-state index contributed by atoms with van der Waals surface area (Å²) in [6, 6.07) is 20.4. The Balaban J connectivity index is 1.23. The number of ketones is 4. The Bertz CT molecular complexity index is 1570. The summed E-state index contributed by atoms with van der Waals surface area (Å²) in [5.74, 6) is -0.355. The van der Waals surface area contributed by atoms with Crippen LogP contribution < -0.4 is 0 Å². The molecule has 8 heteroatoms. The first-order valence-electron chi connectivity index (χ1n) is 11.2. The number of fused-ring (bicyclic) bond motifs is 4. The number of imidazole rings is 2. The molecule has 5 aromatic rings. The molecule has 0 fully saturated rings. The van der Waals surface area contributed by atoms with Crippen molar-refractivity contribution >= 4 is 23.1 Å². The van der Waals surface area contributed by atoms with E-state index in [0.29, 0.717) is 45.0 Å². The van der Waals surface area contributed by atoms with Crippen molar-refractivity contribution in [1.29, 1.82) is 0 Å². The summed E-state index contributed by atoms with van der Waals surface area (Å²) < 4.78 is 0. The summed E-state index contributed by atoms with van der Waals surface area (Å²) in [5.41, 5.74) is 3.28. The van der Waals surface area contributed by atoms with Crippen LogP contribution >= 0.6 is 0 Å². The van der Waals surface area contributed by atoms with Gasteiger partial charge in [-0.15, -0.1) is 0 Å². The van der Waals surface area contributed by atoms with Gasteiger partial charge in [0.1, 0.15) is 34.4 Å². The summed E-state index contributed by atoms with van der Waals surface area (Å²) in [5, 5.41) is 0. The molecule has 0 bridgehead atoms. The maximum Gasteiger partial charge on any atom is 0.214 e. The zero-order valence-electron chi connectivity index (χ0n) is 18.5. The van der Waals surface area contributed by atoms with Crippen LogP contribution in [0, 0.1) is 0 Å². The van der Waals surface area contributed by atoms with Gasteiger partial charge in [-0.25, -0.2) is 9.97 Å². The Morgan fingerprint density at radius 1 is 0.444 bits per heavy atom. The molecule has 3 aromatic carbocycles. The molecule has 2 aromatic heterocycles. The second-order valence-corrected chi connectivity index (χ2v) is 8.60. The molecule has 2 aliphatic carbocycles. The molecule has 0 unspecified atom stereocenters. The van der Waals surface area contributed by atoms with Crippen molar-refractivity contribution in [3.05, 3.63) is 118 Å². The Hall–Kier alpha value is -5.24. The molecule has 0 aliphatic heterocycles. The van der Waals surface area contributed by atoms with E-state index in [4.69, 9.17) is 0 Å². The highest BCUT2D eigenvalue weighted by molar-refractivity contribution is 6.28. The average molecular weight is 470 g/mol. The lowest BCUT2D eigenvalue weighted by Crippen LogP contribution is -2.20. The van der Waals surface area contributed by atoms with Gasteiger partial charge in [0.25, 0.3) is 0 Å². The van der Waals surface area contributed by atoms with Crippen molar-refractivity contribution in [2.45, 2.75) is 0 Å². The van der Waals surface area contributed by atoms with Gasteiger partial charge in [-0.3, -0.25) is 19.2 Å². The highest BCUT2D eigenvalue weighted by Gasteiger charge is 2.34. The van der Waals surface area contributed by atoms with Crippen LogP contribution in [0.2, 0.25) is 0 Å². The van der Waals surface area contributed by atoms with Crippen molar-refractivity contribution in [2.24, 2.45) is 0 Å². The molecule has 0 atom stereocenters. The normalized spacial score (nSPS) is 13.8. The number of nitrogens with one attached hydrogen (secondary N) is 2. The maximum absolute atomic E-state index is 12.9. The molecular weight excluding hydrogens is 456 g/mol. The van der Waals surface area contributed by atoms with Crippen molar-refractivity contribution in [1.82, 2.24) is 19.9 Å². The van der Waals surface area contributed by atoms with Crippen LogP contribution in [0.4, 0.5) is 0 Å². The first-order chi connectivity index (χ1) is 17.5. The van der Waals surface area contributed by atoms with Gasteiger partial charge in [0, 0.05) is 33.4 Å². The van der Waals surface area contributed by atoms with Gasteiger partial charge in [0.05, 0.1) is 0 Å². The minimum absolute atomic E-state index is 0.105. The second kappa shape index (κ2) is 7.13. The van der Waals surface area contributed by atoms with E-state index in [1.807, 2.05) is 0 Å². The number of hydrogen-bond donors (Lipinski definition) is 2. The van der Waals surface area contributed by atoms with Crippen LogP contribution in [0.25, 0.3) is 22.8 Å². The fourth-order valence-corrected chi connectivity index (χ4v) is 4.75. The standard InChI is InChI=1S/C28H14N4O4/c33-23-15-5-1-2-6-16(15)24(34)20-19(23)29-27(30-20)13-9-11-14(12-10-13)28-31-21-22(32-28)26(36)18-8-4-3-7-17(18)25(21)35/h1-12H,(H,29,30)(H,31,32). The summed E-state index contributed by atoms with van der Waals surface area (Å²) in [4.78, 5) is 66.3. The second-order valence-electron chi connectivity index (χ2n) is 8.60. The molecule has 2 aliphatic rings. The van der Waals surface area contributed by atoms with Crippen LogP contribution in [0.1, 0.15) is 64.2 Å². The minimum atomic E-state index is -0.296. The highest BCUT2D eigenvalue weighted by Crippen LogP contribution is 2.31. The summed E-state index contributed by atoms with van der Waals surface area (Å²) in [6.07, 6.45) is 0. The van der Waals surface area contributed by atoms with Crippen molar-refractivity contribution in [3.8, 4) is 22.8 Å². The Morgan fingerprint density at radius 3 is 1.14 bits per heavy atom. The molecule has 2 heterocycles. The maximum atomic E-state index is 12.9. The molecule has 7 rings (SSSR count). The van der Waals surface area contributed by atoms with Gasteiger partial charge in [-0.2, -0.15) is 0 Å². The average Bonchev–Trinajstić information content (AvgIpc) is 3.57. The summed E-state index contributed by atoms with van der Waals surface area (Å²) in [6.45, 7) is 0. The number of benzene rings is 3. The highest BCUT2D eigenvalue weighted by atomic mass is 16.1. The van der Waals surface area contributed by atoms with Crippen LogP contribution in [0.3, 0.4) is 0 Å². The van der Waals surface area contributed by atoms with Crippen LogP contribution in [-0.2, 0) is 0 Å². The number of carbonyl (C=O) groups is 4. The predicted octanol–water partition coefficient (Wildman–Crippen LogP) is 4.02. The molecular formula is C28H14N4O4. The van der Waals surface area contributed by atoms with E-state index in [9.17, 15) is 19.2 Å². The lowest BCUT2D eigenvalue weighted by Gasteiger charge is -2.11. The van der Waals surface area contributed by atoms with Crippen molar-refractivity contribution in [2.75, 3.05) is 0 Å². The fraction of sp³-hybridized carbons (Fsp3) is 0. The number of nitrogens with zero attached hydrogens (tertiary/aromatic N) is 2. The lowest BCUT2D eigenvalue weighted by molar-refractivity contribution is 0.0974. The monoisotopic (exact) mass is 470 g/mol. The van der Waals surface area contributed by atoms with Gasteiger partial charge >= 0.3 is 0 Å². The lowest BCUT2D eigenvalue weighted by atomic mass is 9.90. The smallest absolute Gasteiger partial charge is 0.214 e. The SMILES string of the molecule is O=C1c2ccccc2C(=O)c2[nH]c(-c3ccc(-c4nc5c([nH]4)C(=O)c4ccccc4C5=O)cc3)nc21. The molecule has 0 saturated carbocycles. The van der Waals surface area contributed by atoms with E-state index < -0.39 is 0 Å². The molecule has 0 saturated heterocycles. The van der Waals surface area contributed by atoms with Crippen LogP contribution in [0.15, 0.2) is 72.8 Å². The van der Waals surface area contributed by atoms with Gasteiger partial charge in [0.2, 0.25) is 23.1 Å². The number of carbonyl (C=O) groups excluding carboxylic acids is 4. The number of H-pyrrole nitrogens is 2. The van der Waals surface area contributed by atoms with Crippen LogP contribution in [-0.4, -0.2) is 43.1 Å². The van der Waals surface area contributed by atoms with Crippen molar-refractivity contribution < 1.29 is 19.2 Å². The van der Waals surface area contributed by atoms with Crippen LogP contribution in [0.5, 0.6) is 0 Å². The Morgan fingerprint density at radius 2 is 0.778 bits per heavy atom. The van der Waals surface area contributed by atoms with E-state index in [1.54, 1.807) is 72.8 Å². The fourth-order valence-electron chi connectivity index (χ4n) is 4.75. The largest absolute Gasteiger partial charge is 0.335 e. The molecule has 0 radical (unpaired) electrons. The zero-order chi connectivity index (χ0) is 24.6. The van der Waals surface area contributed by atoms with E-state index in [2.05, 4.69) is 19.9 Å². The molecule has 2 N–H and O–H groups in total. The summed E-state index contributed by atoms with van der Waals surface area (Å²) >= 11 is 0. The Kier molecular flexibility index (Phi) is 3.99. The molecule has 0 spiro atoms. The number of hydrogen-bond acceptors (Lipinski definition) is 6. The van der Waals surface area contributed by atoms with Crippen molar-refractivity contribution in [3.63, 3.8) is 0 Å². The molecule has 0 amide bonds. The van der Waals surface area contributed by atoms with Gasteiger partial charge in [-0.05, 0) is 0 Å². The van der Waals surface area contributed by atoms with Gasteiger partial charge < -0.3 is 9.97 Å². The molecule has 36 heavy (non-hydrogen) atoms. The Labute approximate surface area is 203 Å². The van der Waals surface area contributed by atoms with Gasteiger partial charge in [-0.1, -0.05) is 72.8 Å². The number of aromatic amines is 2. The quantitative estimate of drug-likeness (QED) is 0.393. The third-order valence-electron chi connectivity index (χ3n) is 6.56. The van der Waals surface area contributed by atoms with E-state index in [1.165, 1.54) is 0 Å². The third kappa shape index (κ3) is 2.69. The topological polar surface area (TPSA) is 126 Å². The van der Waals surface area contributed by atoms with E-state index in [0.717, 1.165) is 0 Å². The zero-order valence-corrected chi connectivity index (χ0v) is 18.5. The first-order valence-corrected chi connectivity index (χ1v) is 11.2. The predicted molar refractivity (Wildman–Crippen MR) is 128 cm³/mol. The molecule has 8 nitrogen and oxygen atoms in total. The van der Waals surface area contributed by atoms with Gasteiger partial charge in [0.15, 0.2) is 0 Å². The number of aromatic nitrogens is 4. The van der Waals surface area contributed by atoms with E-state index >= 15 is 0 Å². The summed E-state index contributed by atoms with van der Waals surface area (Å²) in [7, 11) is 0. The third-order valence-corrected chi connectivity index (χ3v) is 6.56. The molecule has 170 valence electrons. The van der Waals surface area contributed by atoms with E-state index in [-0.39, 0.29) is 45.9 Å². The first kappa shape index (κ1) is 20.2. The minimum Gasteiger partial charge on any atom is -0.335 e.